The summed E-state index contributed by atoms with van der Waals surface area (Å²) in [7, 11) is 1.98. The van der Waals surface area contributed by atoms with Gasteiger partial charge in [-0.1, -0.05) is 26.2 Å². The van der Waals surface area contributed by atoms with Crippen LogP contribution in [0.3, 0.4) is 0 Å². The van der Waals surface area contributed by atoms with Gasteiger partial charge in [-0.2, -0.15) is 0 Å². The van der Waals surface area contributed by atoms with Crippen molar-refractivity contribution in [2.24, 2.45) is 17.1 Å². The van der Waals surface area contributed by atoms with E-state index in [1.165, 1.54) is 32.1 Å². The Labute approximate surface area is 105 Å². The molecule has 3 nitrogen and oxygen atoms in total. The van der Waals surface area contributed by atoms with Crippen LogP contribution in [0.15, 0.2) is 0 Å². The van der Waals surface area contributed by atoms with Crippen LogP contribution in [0.25, 0.3) is 0 Å². The fourth-order valence-electron chi connectivity index (χ4n) is 3.71. The number of hydrogen-bond acceptors (Lipinski definition) is 2. The average molecular weight is 238 g/mol. The van der Waals surface area contributed by atoms with Crippen LogP contribution in [-0.4, -0.2) is 30.4 Å². The predicted molar refractivity (Wildman–Crippen MR) is 69.5 cm³/mol. The molecular formula is C14H26N2O. The van der Waals surface area contributed by atoms with Gasteiger partial charge in [0.2, 0.25) is 5.91 Å². The zero-order chi connectivity index (χ0) is 12.5. The molecule has 2 rings (SSSR count). The zero-order valence-electron chi connectivity index (χ0n) is 11.2. The van der Waals surface area contributed by atoms with Gasteiger partial charge in [0.05, 0.1) is 5.41 Å². The number of carbonyl (C=O) groups is 1. The van der Waals surface area contributed by atoms with Gasteiger partial charge in [-0.05, 0) is 31.6 Å². The van der Waals surface area contributed by atoms with Crippen LogP contribution in [0.2, 0.25) is 0 Å². The Balaban J connectivity index is 1.98. The molecule has 0 saturated heterocycles. The van der Waals surface area contributed by atoms with E-state index in [9.17, 15) is 4.79 Å². The minimum absolute atomic E-state index is 0.217. The van der Waals surface area contributed by atoms with Crippen molar-refractivity contribution in [3.8, 4) is 0 Å². The quantitative estimate of drug-likeness (QED) is 0.819. The van der Waals surface area contributed by atoms with E-state index in [2.05, 4.69) is 6.92 Å². The first-order chi connectivity index (χ1) is 8.09. The standard InChI is InChI=1S/C14H26N2O/c1-11-8-14(9-11,10-15)13(17)16(2)12-6-4-3-5-7-12/h11-12H,3-10,15H2,1-2H3. The van der Waals surface area contributed by atoms with Gasteiger partial charge in [0.15, 0.2) is 0 Å². The lowest BCUT2D eigenvalue weighted by molar-refractivity contribution is -0.151. The SMILES string of the molecule is CC1CC(CN)(C(=O)N(C)C2CCCCC2)C1. The molecule has 17 heavy (non-hydrogen) atoms. The zero-order valence-corrected chi connectivity index (χ0v) is 11.2. The van der Waals surface area contributed by atoms with Crippen LogP contribution in [0.4, 0.5) is 0 Å². The third kappa shape index (κ3) is 2.35. The summed E-state index contributed by atoms with van der Waals surface area (Å²) in [5, 5.41) is 0. The molecule has 0 aromatic rings. The molecule has 98 valence electrons. The molecule has 0 heterocycles. The minimum Gasteiger partial charge on any atom is -0.342 e. The molecule has 2 aliphatic carbocycles. The van der Waals surface area contributed by atoms with Gasteiger partial charge >= 0.3 is 0 Å². The van der Waals surface area contributed by atoms with Crippen LogP contribution in [0.5, 0.6) is 0 Å². The molecule has 2 N–H and O–H groups in total. The molecule has 0 aromatic carbocycles. The van der Waals surface area contributed by atoms with E-state index >= 15 is 0 Å². The fourth-order valence-corrected chi connectivity index (χ4v) is 3.71. The van der Waals surface area contributed by atoms with Crippen molar-refractivity contribution in [3.63, 3.8) is 0 Å². The third-order valence-corrected chi connectivity index (χ3v) is 4.77. The third-order valence-electron chi connectivity index (χ3n) is 4.77. The second-order valence-corrected chi connectivity index (χ2v) is 6.21. The highest BCUT2D eigenvalue weighted by Crippen LogP contribution is 2.46. The Morgan fingerprint density at radius 1 is 1.29 bits per heavy atom. The number of hydrogen-bond donors (Lipinski definition) is 1. The summed E-state index contributed by atoms with van der Waals surface area (Å²) >= 11 is 0. The van der Waals surface area contributed by atoms with Crippen LogP contribution < -0.4 is 5.73 Å². The van der Waals surface area contributed by atoms with Crippen LogP contribution in [-0.2, 0) is 4.79 Å². The normalized spacial score (nSPS) is 34.2. The Kier molecular flexibility index (Phi) is 3.76. The fraction of sp³-hybridized carbons (Fsp3) is 0.929. The van der Waals surface area contributed by atoms with E-state index in [-0.39, 0.29) is 5.41 Å². The highest BCUT2D eigenvalue weighted by molar-refractivity contribution is 5.84. The largest absolute Gasteiger partial charge is 0.342 e. The minimum atomic E-state index is -0.217. The molecule has 2 aliphatic rings. The second kappa shape index (κ2) is 4.97. The molecule has 0 bridgehead atoms. The second-order valence-electron chi connectivity index (χ2n) is 6.21. The summed E-state index contributed by atoms with van der Waals surface area (Å²) in [6.07, 6.45) is 8.20. The Morgan fingerprint density at radius 3 is 2.35 bits per heavy atom. The van der Waals surface area contributed by atoms with Crippen molar-refractivity contribution in [2.75, 3.05) is 13.6 Å². The summed E-state index contributed by atoms with van der Waals surface area (Å²) in [5.41, 5.74) is 5.64. The Morgan fingerprint density at radius 2 is 1.88 bits per heavy atom. The number of rotatable bonds is 3. The number of nitrogens with zero attached hydrogens (tertiary/aromatic N) is 1. The van der Waals surface area contributed by atoms with Crippen molar-refractivity contribution in [3.05, 3.63) is 0 Å². The van der Waals surface area contributed by atoms with Crippen molar-refractivity contribution in [1.29, 1.82) is 0 Å². The van der Waals surface area contributed by atoms with Gasteiger partial charge < -0.3 is 10.6 Å². The first-order valence-electron chi connectivity index (χ1n) is 7.06. The number of nitrogens with two attached hydrogens (primary N) is 1. The highest BCUT2D eigenvalue weighted by atomic mass is 16.2. The molecule has 0 aromatic heterocycles. The van der Waals surface area contributed by atoms with E-state index in [0.717, 1.165) is 12.8 Å². The first kappa shape index (κ1) is 12.9. The summed E-state index contributed by atoms with van der Waals surface area (Å²) in [6, 6.07) is 0.468. The van der Waals surface area contributed by atoms with E-state index in [1.807, 2.05) is 11.9 Å². The van der Waals surface area contributed by atoms with Crippen molar-refractivity contribution in [2.45, 2.75) is 57.9 Å². The van der Waals surface area contributed by atoms with Gasteiger partial charge in [0.25, 0.3) is 0 Å². The monoisotopic (exact) mass is 238 g/mol. The molecule has 0 aliphatic heterocycles. The summed E-state index contributed by atoms with van der Waals surface area (Å²) in [4.78, 5) is 14.6. The maximum Gasteiger partial charge on any atom is 0.230 e. The summed E-state index contributed by atoms with van der Waals surface area (Å²) in [5.74, 6) is 0.979. The molecule has 0 unspecified atom stereocenters. The maximum absolute atomic E-state index is 12.6. The van der Waals surface area contributed by atoms with Crippen LogP contribution in [0, 0.1) is 11.3 Å². The van der Waals surface area contributed by atoms with Crippen LogP contribution >= 0.6 is 0 Å². The van der Waals surface area contributed by atoms with Gasteiger partial charge in [-0.3, -0.25) is 4.79 Å². The predicted octanol–water partition coefficient (Wildman–Crippen LogP) is 2.15. The Bertz CT molecular complexity index is 278. The van der Waals surface area contributed by atoms with Crippen molar-refractivity contribution in [1.82, 2.24) is 4.90 Å². The molecule has 3 heteroatoms. The topological polar surface area (TPSA) is 46.3 Å². The lowest BCUT2D eigenvalue weighted by Gasteiger charge is -2.48. The van der Waals surface area contributed by atoms with Gasteiger partial charge in [0, 0.05) is 19.6 Å². The summed E-state index contributed by atoms with van der Waals surface area (Å²) < 4.78 is 0. The summed E-state index contributed by atoms with van der Waals surface area (Å²) in [6.45, 7) is 2.73. The maximum atomic E-state index is 12.6. The van der Waals surface area contributed by atoms with Crippen LogP contribution in [0.1, 0.15) is 51.9 Å². The Hall–Kier alpha value is -0.570. The van der Waals surface area contributed by atoms with E-state index in [0.29, 0.717) is 24.4 Å². The average Bonchev–Trinajstić information content (AvgIpc) is 2.34. The highest BCUT2D eigenvalue weighted by Gasteiger charge is 2.49. The number of carbonyl (C=O) groups excluding carboxylic acids is 1. The first-order valence-corrected chi connectivity index (χ1v) is 7.06. The number of amides is 1. The molecule has 2 saturated carbocycles. The van der Waals surface area contributed by atoms with E-state index in [4.69, 9.17) is 5.73 Å². The molecule has 0 radical (unpaired) electrons. The van der Waals surface area contributed by atoms with Crippen molar-refractivity contribution < 1.29 is 4.79 Å². The molecular weight excluding hydrogens is 212 g/mol. The smallest absolute Gasteiger partial charge is 0.230 e. The lowest BCUT2D eigenvalue weighted by Crippen LogP contribution is -2.56. The molecule has 2 fully saturated rings. The van der Waals surface area contributed by atoms with Gasteiger partial charge in [-0.15, -0.1) is 0 Å². The lowest BCUT2D eigenvalue weighted by atomic mass is 9.61. The molecule has 1 amide bonds. The molecule has 0 spiro atoms. The van der Waals surface area contributed by atoms with Crippen molar-refractivity contribution >= 4 is 5.91 Å². The van der Waals surface area contributed by atoms with E-state index in [1.54, 1.807) is 0 Å². The van der Waals surface area contributed by atoms with E-state index < -0.39 is 0 Å². The van der Waals surface area contributed by atoms with Gasteiger partial charge in [-0.25, -0.2) is 0 Å². The van der Waals surface area contributed by atoms with Gasteiger partial charge in [0.1, 0.15) is 0 Å². The molecule has 0 atom stereocenters.